The minimum atomic E-state index is -0.206. The second-order valence-corrected chi connectivity index (χ2v) is 6.51. The third kappa shape index (κ3) is 3.97. The Kier molecular flexibility index (Phi) is 5.31. The molecule has 0 aliphatic carbocycles. The highest BCUT2D eigenvalue weighted by Gasteiger charge is 2.24. The van der Waals surface area contributed by atoms with Crippen molar-refractivity contribution in [2.75, 3.05) is 14.2 Å². The summed E-state index contributed by atoms with van der Waals surface area (Å²) in [6, 6.07) is 12.6. The van der Waals surface area contributed by atoms with Gasteiger partial charge in [-0.25, -0.2) is 4.99 Å². The Morgan fingerprint density at radius 2 is 1.88 bits per heavy atom. The number of ether oxygens (including phenoxy) is 2. The van der Waals surface area contributed by atoms with Crippen molar-refractivity contribution in [3.63, 3.8) is 0 Å². The van der Waals surface area contributed by atoms with E-state index in [2.05, 4.69) is 10.3 Å². The fraction of sp³-hybridized carbons (Fsp3) is 0.111. The standard InChI is InChI=1S/C18H15ClN2O3S/c1-23-14-5-3-4-11(16(14)24-2)10-15-17(22)21-18(25-15)20-13-8-6-12(19)7-9-13/h3-10H,1-2H3,(H,20,21,22). The number of aliphatic imine (C=N–C) groups is 1. The Morgan fingerprint density at radius 1 is 1.12 bits per heavy atom. The predicted molar refractivity (Wildman–Crippen MR) is 102 cm³/mol. The Hall–Kier alpha value is -2.44. The number of amides is 1. The molecule has 0 bridgehead atoms. The lowest BCUT2D eigenvalue weighted by atomic mass is 10.1. The smallest absolute Gasteiger partial charge is 0.264 e. The number of halogens is 1. The summed E-state index contributed by atoms with van der Waals surface area (Å²) < 4.78 is 10.7. The monoisotopic (exact) mass is 374 g/mol. The minimum Gasteiger partial charge on any atom is -0.493 e. The number of thioether (sulfide) groups is 1. The normalized spacial score (nSPS) is 17.0. The number of para-hydroxylation sites is 1. The van der Waals surface area contributed by atoms with E-state index in [0.29, 0.717) is 32.3 Å². The molecule has 0 atom stereocenters. The zero-order valence-electron chi connectivity index (χ0n) is 13.6. The Morgan fingerprint density at radius 3 is 2.56 bits per heavy atom. The zero-order chi connectivity index (χ0) is 17.8. The number of amidine groups is 1. The van der Waals surface area contributed by atoms with Crippen LogP contribution in [-0.2, 0) is 4.79 Å². The summed E-state index contributed by atoms with van der Waals surface area (Å²) in [7, 11) is 3.14. The third-order valence-corrected chi connectivity index (χ3v) is 4.59. The topological polar surface area (TPSA) is 59.9 Å². The first kappa shape index (κ1) is 17.4. The number of hydrogen-bond acceptors (Lipinski definition) is 5. The van der Waals surface area contributed by atoms with Crippen molar-refractivity contribution in [1.29, 1.82) is 0 Å². The van der Waals surface area contributed by atoms with Gasteiger partial charge in [-0.15, -0.1) is 0 Å². The Bertz CT molecular complexity index is 863. The van der Waals surface area contributed by atoms with Gasteiger partial charge in [0.25, 0.3) is 5.91 Å². The number of hydrogen-bond donors (Lipinski definition) is 1. The van der Waals surface area contributed by atoms with Crippen LogP contribution in [0.4, 0.5) is 5.69 Å². The fourth-order valence-electron chi connectivity index (χ4n) is 2.28. The molecule has 2 aromatic rings. The van der Waals surface area contributed by atoms with Crippen LogP contribution < -0.4 is 14.8 Å². The quantitative estimate of drug-likeness (QED) is 0.813. The molecule has 1 N–H and O–H groups in total. The average molecular weight is 375 g/mol. The molecule has 0 unspecified atom stereocenters. The van der Waals surface area contributed by atoms with E-state index in [4.69, 9.17) is 21.1 Å². The summed E-state index contributed by atoms with van der Waals surface area (Å²) in [5, 5.41) is 3.91. The number of nitrogens with one attached hydrogen (secondary N) is 1. The molecular weight excluding hydrogens is 360 g/mol. The van der Waals surface area contributed by atoms with E-state index in [-0.39, 0.29) is 5.91 Å². The fourth-order valence-corrected chi connectivity index (χ4v) is 3.24. The van der Waals surface area contributed by atoms with Crippen LogP contribution in [0.1, 0.15) is 5.56 Å². The molecule has 25 heavy (non-hydrogen) atoms. The maximum atomic E-state index is 12.2. The van der Waals surface area contributed by atoms with Gasteiger partial charge in [0.15, 0.2) is 16.7 Å². The van der Waals surface area contributed by atoms with E-state index in [9.17, 15) is 4.79 Å². The van der Waals surface area contributed by atoms with E-state index in [1.165, 1.54) is 11.8 Å². The van der Waals surface area contributed by atoms with E-state index in [1.807, 2.05) is 12.1 Å². The number of carbonyl (C=O) groups excluding carboxylic acids is 1. The second-order valence-electron chi connectivity index (χ2n) is 5.04. The summed E-state index contributed by atoms with van der Waals surface area (Å²) >= 11 is 7.13. The molecular formula is C18H15ClN2O3S. The van der Waals surface area contributed by atoms with Crippen LogP contribution in [0.5, 0.6) is 11.5 Å². The molecule has 1 aliphatic heterocycles. The van der Waals surface area contributed by atoms with Crippen LogP contribution >= 0.6 is 23.4 Å². The highest BCUT2D eigenvalue weighted by atomic mass is 35.5. The maximum Gasteiger partial charge on any atom is 0.264 e. The van der Waals surface area contributed by atoms with Crippen LogP contribution in [0, 0.1) is 0 Å². The Balaban J connectivity index is 1.88. The van der Waals surface area contributed by atoms with Crippen LogP contribution in [0.15, 0.2) is 52.4 Å². The van der Waals surface area contributed by atoms with E-state index >= 15 is 0 Å². The van der Waals surface area contributed by atoms with E-state index < -0.39 is 0 Å². The van der Waals surface area contributed by atoms with Crippen molar-refractivity contribution in [3.05, 3.63) is 58.0 Å². The SMILES string of the molecule is COc1cccc(C=C2SC(=Nc3ccc(Cl)cc3)NC2=O)c1OC. The summed E-state index contributed by atoms with van der Waals surface area (Å²) in [4.78, 5) is 17.2. The molecule has 7 heteroatoms. The van der Waals surface area contributed by atoms with E-state index in [1.54, 1.807) is 50.6 Å². The molecule has 128 valence electrons. The molecule has 1 saturated heterocycles. The molecule has 5 nitrogen and oxygen atoms in total. The van der Waals surface area contributed by atoms with Gasteiger partial charge in [0.05, 0.1) is 24.8 Å². The highest BCUT2D eigenvalue weighted by Crippen LogP contribution is 2.35. The van der Waals surface area contributed by atoms with Gasteiger partial charge in [-0.3, -0.25) is 4.79 Å². The van der Waals surface area contributed by atoms with Gasteiger partial charge >= 0.3 is 0 Å². The number of benzene rings is 2. The van der Waals surface area contributed by atoms with Crippen molar-refractivity contribution in [2.45, 2.75) is 0 Å². The van der Waals surface area contributed by atoms with Gasteiger partial charge in [0, 0.05) is 10.6 Å². The van der Waals surface area contributed by atoms with Gasteiger partial charge in [0.2, 0.25) is 0 Å². The second kappa shape index (κ2) is 7.63. The molecule has 1 fully saturated rings. The summed E-state index contributed by atoms with van der Waals surface area (Å²) in [5.41, 5.74) is 1.47. The van der Waals surface area contributed by atoms with Crippen molar-refractivity contribution in [2.24, 2.45) is 4.99 Å². The zero-order valence-corrected chi connectivity index (χ0v) is 15.1. The largest absolute Gasteiger partial charge is 0.493 e. The average Bonchev–Trinajstić information content (AvgIpc) is 2.95. The number of carbonyl (C=O) groups is 1. The first-order valence-corrected chi connectivity index (χ1v) is 8.56. The van der Waals surface area contributed by atoms with Crippen molar-refractivity contribution in [3.8, 4) is 11.5 Å². The number of methoxy groups -OCH3 is 2. The molecule has 1 amide bonds. The summed E-state index contributed by atoms with van der Waals surface area (Å²) in [6.07, 6.45) is 1.76. The lowest BCUT2D eigenvalue weighted by Crippen LogP contribution is -2.19. The molecule has 0 saturated carbocycles. The van der Waals surface area contributed by atoms with Gasteiger partial charge < -0.3 is 14.8 Å². The molecule has 0 spiro atoms. The Labute approximate surface area is 154 Å². The number of rotatable bonds is 4. The van der Waals surface area contributed by atoms with Crippen LogP contribution in [0.25, 0.3) is 6.08 Å². The lowest BCUT2D eigenvalue weighted by molar-refractivity contribution is -0.115. The molecule has 1 heterocycles. The molecule has 1 aliphatic rings. The van der Waals surface area contributed by atoms with Crippen LogP contribution in [-0.4, -0.2) is 25.3 Å². The number of nitrogens with zero attached hydrogens (tertiary/aromatic N) is 1. The molecule has 3 rings (SSSR count). The predicted octanol–water partition coefficient (Wildman–Crippen LogP) is 4.25. The molecule has 2 aromatic carbocycles. The first-order valence-electron chi connectivity index (χ1n) is 7.37. The van der Waals surface area contributed by atoms with Crippen LogP contribution in [0.2, 0.25) is 5.02 Å². The van der Waals surface area contributed by atoms with Gasteiger partial charge in [0.1, 0.15) is 0 Å². The van der Waals surface area contributed by atoms with Gasteiger partial charge in [-0.05, 0) is 48.2 Å². The summed E-state index contributed by atoms with van der Waals surface area (Å²) in [5.74, 6) is 0.979. The molecule has 0 radical (unpaired) electrons. The maximum absolute atomic E-state index is 12.2. The minimum absolute atomic E-state index is 0.206. The van der Waals surface area contributed by atoms with Crippen LogP contribution in [0.3, 0.4) is 0 Å². The summed E-state index contributed by atoms with van der Waals surface area (Å²) in [6.45, 7) is 0. The van der Waals surface area contributed by atoms with Crippen molar-refractivity contribution < 1.29 is 14.3 Å². The van der Waals surface area contributed by atoms with Crippen molar-refractivity contribution >= 4 is 46.2 Å². The van der Waals surface area contributed by atoms with Crippen molar-refractivity contribution in [1.82, 2.24) is 5.32 Å². The van der Waals surface area contributed by atoms with Gasteiger partial charge in [-0.1, -0.05) is 23.7 Å². The molecule has 0 aromatic heterocycles. The van der Waals surface area contributed by atoms with E-state index in [0.717, 1.165) is 5.56 Å². The van der Waals surface area contributed by atoms with Gasteiger partial charge in [-0.2, -0.15) is 0 Å². The highest BCUT2D eigenvalue weighted by molar-refractivity contribution is 8.18. The first-order chi connectivity index (χ1) is 12.1. The lowest BCUT2D eigenvalue weighted by Gasteiger charge is -2.10. The third-order valence-electron chi connectivity index (χ3n) is 3.43.